The largest absolute Gasteiger partial charge is 0.478 e. The van der Waals surface area contributed by atoms with Crippen molar-refractivity contribution in [2.45, 2.75) is 18.0 Å². The number of carboxylic acid groups (broad SMARTS) is 1. The molecular formula is C17H6Cl3F7N4O2. The van der Waals surface area contributed by atoms with E-state index in [0.29, 0.717) is 0 Å². The van der Waals surface area contributed by atoms with Crippen LogP contribution in [0, 0.1) is 0 Å². The van der Waals surface area contributed by atoms with E-state index >= 15 is 0 Å². The van der Waals surface area contributed by atoms with Gasteiger partial charge in [0, 0.05) is 17.3 Å². The Morgan fingerprint density at radius 3 is 1.97 bits per heavy atom. The van der Waals surface area contributed by atoms with Crippen LogP contribution in [0.15, 0.2) is 30.6 Å². The van der Waals surface area contributed by atoms with E-state index in [-0.39, 0.29) is 34.1 Å². The molecule has 0 bridgehead atoms. The van der Waals surface area contributed by atoms with Crippen LogP contribution < -0.4 is 0 Å². The van der Waals surface area contributed by atoms with Gasteiger partial charge in [0.2, 0.25) is 0 Å². The second-order valence-electron chi connectivity index (χ2n) is 6.36. The lowest BCUT2D eigenvalue weighted by Gasteiger charge is -2.30. The first-order valence-electron chi connectivity index (χ1n) is 8.21. The zero-order valence-corrected chi connectivity index (χ0v) is 17.6. The van der Waals surface area contributed by atoms with Gasteiger partial charge < -0.3 is 5.11 Å². The molecule has 2 heterocycles. The summed E-state index contributed by atoms with van der Waals surface area (Å²) < 4.78 is 93.2. The maximum Gasteiger partial charge on any atom is 0.435 e. The summed E-state index contributed by atoms with van der Waals surface area (Å²) in [7, 11) is 0. The number of hydrogen-bond donors (Lipinski definition) is 1. The van der Waals surface area contributed by atoms with E-state index in [1.807, 2.05) is 0 Å². The summed E-state index contributed by atoms with van der Waals surface area (Å²) in [5.74, 6) is -1.40. The summed E-state index contributed by atoms with van der Waals surface area (Å²) in [6.45, 7) is 0. The normalized spacial score (nSPS) is 12.8. The first-order chi connectivity index (χ1) is 15.1. The number of nitrogens with zero attached hydrogens (tertiary/aromatic N) is 4. The van der Waals surface area contributed by atoms with Crippen molar-refractivity contribution in [2.75, 3.05) is 0 Å². The van der Waals surface area contributed by atoms with Gasteiger partial charge in [-0.15, -0.1) is 5.10 Å². The minimum absolute atomic E-state index is 0.0247. The smallest absolute Gasteiger partial charge is 0.435 e. The quantitative estimate of drug-likeness (QED) is 0.313. The Balaban J connectivity index is 2.10. The lowest BCUT2D eigenvalue weighted by molar-refractivity contribution is -0.348. The lowest BCUT2D eigenvalue weighted by Crippen LogP contribution is -2.50. The summed E-state index contributed by atoms with van der Waals surface area (Å²) >= 11 is 17.4. The van der Waals surface area contributed by atoms with E-state index in [0.717, 1.165) is 23.1 Å². The Bertz CT molecular complexity index is 1210. The number of aromatic nitrogens is 4. The highest BCUT2D eigenvalue weighted by molar-refractivity contribution is 6.38. The fourth-order valence-corrected chi connectivity index (χ4v) is 3.56. The molecule has 0 saturated heterocycles. The minimum atomic E-state index is -6.36. The fraction of sp³-hybridized carbons (Fsp3) is 0.176. The van der Waals surface area contributed by atoms with Crippen LogP contribution in [-0.2, 0) is 5.67 Å². The molecular weight excluding hydrogens is 532 g/mol. The van der Waals surface area contributed by atoms with Gasteiger partial charge in [0.1, 0.15) is 16.5 Å². The van der Waals surface area contributed by atoms with Gasteiger partial charge in [0.25, 0.3) is 0 Å². The van der Waals surface area contributed by atoms with Crippen LogP contribution in [-0.4, -0.2) is 43.4 Å². The van der Waals surface area contributed by atoms with Crippen LogP contribution in [0.25, 0.3) is 16.9 Å². The Morgan fingerprint density at radius 1 is 0.939 bits per heavy atom. The van der Waals surface area contributed by atoms with E-state index in [2.05, 4.69) is 15.3 Å². The van der Waals surface area contributed by atoms with E-state index in [1.165, 1.54) is 0 Å². The summed E-state index contributed by atoms with van der Waals surface area (Å²) in [5.41, 5.74) is -8.32. The van der Waals surface area contributed by atoms with Gasteiger partial charge in [0.05, 0.1) is 21.8 Å². The van der Waals surface area contributed by atoms with Crippen LogP contribution in [0.5, 0.6) is 0 Å². The molecule has 2 aromatic heterocycles. The van der Waals surface area contributed by atoms with Gasteiger partial charge in [-0.3, -0.25) is 0 Å². The SMILES string of the molecule is O=C(O)c1cc(-c2cn(-c3c(Cl)cc(C(F)(C(F)(F)F)C(F)(F)F)cc3Cl)nn2)cnc1Cl. The standard InChI is InChI=1S/C17H6Cl3F7N4O2/c18-9-2-7(15(21,16(22,23)24)17(25,26)27)3-10(19)12(9)31-5-11(29-30-31)6-1-8(14(32)33)13(20)28-4-6/h1-5H,(H,32,33). The van der Waals surface area contributed by atoms with E-state index in [4.69, 9.17) is 39.9 Å². The van der Waals surface area contributed by atoms with Crippen LogP contribution in [0.1, 0.15) is 15.9 Å². The summed E-state index contributed by atoms with van der Waals surface area (Å²) in [6, 6.07) is 1.34. The zero-order valence-electron chi connectivity index (χ0n) is 15.3. The number of carboxylic acids is 1. The Kier molecular flexibility index (Phi) is 6.28. The topological polar surface area (TPSA) is 80.9 Å². The first-order valence-corrected chi connectivity index (χ1v) is 9.35. The number of rotatable bonds is 4. The molecule has 1 aromatic carbocycles. The highest BCUT2D eigenvalue weighted by Gasteiger charge is 2.73. The summed E-state index contributed by atoms with van der Waals surface area (Å²) in [6.07, 6.45) is -10.5. The number of carbonyl (C=O) groups is 1. The minimum Gasteiger partial charge on any atom is -0.478 e. The van der Waals surface area contributed by atoms with Gasteiger partial charge in [-0.1, -0.05) is 40.0 Å². The van der Waals surface area contributed by atoms with Crippen molar-refractivity contribution in [3.8, 4) is 16.9 Å². The first kappa shape index (κ1) is 25.0. The monoisotopic (exact) mass is 536 g/mol. The number of benzene rings is 1. The average Bonchev–Trinajstić information content (AvgIpc) is 3.14. The predicted molar refractivity (Wildman–Crippen MR) is 101 cm³/mol. The van der Waals surface area contributed by atoms with Crippen LogP contribution >= 0.6 is 34.8 Å². The second kappa shape index (κ2) is 8.29. The molecule has 0 unspecified atom stereocenters. The van der Waals surface area contributed by atoms with Crippen LogP contribution in [0.4, 0.5) is 30.7 Å². The Labute approximate surface area is 193 Å². The molecule has 0 fully saturated rings. The third-order valence-electron chi connectivity index (χ3n) is 4.28. The molecule has 0 amide bonds. The molecule has 16 heteroatoms. The number of hydrogen-bond acceptors (Lipinski definition) is 4. The molecule has 0 saturated carbocycles. The molecule has 0 aliphatic carbocycles. The molecule has 3 aromatic rings. The average molecular weight is 538 g/mol. The van der Waals surface area contributed by atoms with Crippen LogP contribution in [0.3, 0.4) is 0 Å². The fourth-order valence-electron chi connectivity index (χ4n) is 2.71. The van der Waals surface area contributed by atoms with Gasteiger partial charge >= 0.3 is 24.0 Å². The van der Waals surface area contributed by atoms with Gasteiger partial charge in [-0.25, -0.2) is 18.9 Å². The van der Waals surface area contributed by atoms with Crippen molar-refractivity contribution >= 4 is 40.8 Å². The number of halogens is 10. The molecule has 0 atom stereocenters. The third-order valence-corrected chi connectivity index (χ3v) is 5.16. The molecule has 0 spiro atoms. The van der Waals surface area contributed by atoms with Gasteiger partial charge in [0.15, 0.2) is 0 Å². The van der Waals surface area contributed by atoms with Crippen molar-refractivity contribution in [1.29, 1.82) is 0 Å². The van der Waals surface area contributed by atoms with E-state index in [1.54, 1.807) is 0 Å². The van der Waals surface area contributed by atoms with Gasteiger partial charge in [-0.05, 0) is 18.2 Å². The van der Waals surface area contributed by atoms with Crippen LogP contribution in [0.2, 0.25) is 15.2 Å². The van der Waals surface area contributed by atoms with Crippen molar-refractivity contribution in [1.82, 2.24) is 20.0 Å². The van der Waals surface area contributed by atoms with Crippen molar-refractivity contribution < 1.29 is 40.6 Å². The molecule has 0 aliphatic rings. The highest BCUT2D eigenvalue weighted by atomic mass is 35.5. The molecule has 1 N–H and O–H groups in total. The Hall–Kier alpha value is -2.64. The third kappa shape index (κ3) is 4.32. The summed E-state index contributed by atoms with van der Waals surface area (Å²) in [4.78, 5) is 14.9. The summed E-state index contributed by atoms with van der Waals surface area (Å²) in [5, 5.41) is 14.5. The zero-order chi connectivity index (χ0) is 24.9. The van der Waals surface area contributed by atoms with E-state index in [9.17, 15) is 35.5 Å². The van der Waals surface area contributed by atoms with Crippen molar-refractivity contribution in [2.24, 2.45) is 0 Å². The molecule has 33 heavy (non-hydrogen) atoms. The predicted octanol–water partition coefficient (Wildman–Crippen LogP) is 6.28. The number of pyridine rings is 1. The highest BCUT2D eigenvalue weighted by Crippen LogP contribution is 2.54. The van der Waals surface area contributed by atoms with Gasteiger partial charge in [-0.2, -0.15) is 26.3 Å². The maximum absolute atomic E-state index is 14.3. The van der Waals surface area contributed by atoms with E-state index < -0.39 is 45.3 Å². The molecule has 6 nitrogen and oxygen atoms in total. The molecule has 3 rings (SSSR count). The van der Waals surface area contributed by atoms with Crippen molar-refractivity contribution in [3.05, 3.63) is 56.9 Å². The number of alkyl halides is 7. The maximum atomic E-state index is 14.3. The molecule has 0 aliphatic heterocycles. The van der Waals surface area contributed by atoms with Crippen molar-refractivity contribution in [3.63, 3.8) is 0 Å². The molecule has 0 radical (unpaired) electrons. The second-order valence-corrected chi connectivity index (χ2v) is 7.53. The Morgan fingerprint density at radius 2 is 1.48 bits per heavy atom. The number of aromatic carboxylic acids is 1. The molecule has 176 valence electrons. The lowest BCUT2D eigenvalue weighted by atomic mass is 9.94.